The smallest absolute Gasteiger partial charge is 0.209 e. The first kappa shape index (κ1) is 9.12. The zero-order valence-electron chi connectivity index (χ0n) is 8.18. The molecule has 4 nitrogen and oxygen atoms in total. The van der Waals surface area contributed by atoms with E-state index in [2.05, 4.69) is 9.97 Å². The number of hydrogen-bond acceptors (Lipinski definition) is 3. The molecule has 14 heavy (non-hydrogen) atoms. The highest BCUT2D eigenvalue weighted by molar-refractivity contribution is 5.48. The molecule has 0 bridgehead atoms. The monoisotopic (exact) mass is 191 g/mol. The number of carbonyl (C=O) groups excluding carboxylic acids is 1. The van der Waals surface area contributed by atoms with Gasteiger partial charge in [0.05, 0.1) is 0 Å². The minimum atomic E-state index is 0.417. The number of aryl methyl sites for hydroxylation is 1. The summed E-state index contributed by atoms with van der Waals surface area (Å²) in [4.78, 5) is 20.6. The summed E-state index contributed by atoms with van der Waals surface area (Å²) < 4.78 is 0. The third-order valence-corrected chi connectivity index (χ3v) is 2.64. The lowest BCUT2D eigenvalue weighted by atomic mass is 10.0. The molecule has 0 aliphatic carbocycles. The third-order valence-electron chi connectivity index (χ3n) is 2.64. The van der Waals surface area contributed by atoms with Crippen LogP contribution in [0.1, 0.15) is 23.7 Å². The highest BCUT2D eigenvalue weighted by atomic mass is 16.1. The summed E-state index contributed by atoms with van der Waals surface area (Å²) in [5.74, 6) is 1.21. The van der Waals surface area contributed by atoms with Gasteiger partial charge in [0.25, 0.3) is 0 Å². The molecule has 1 aromatic rings. The van der Waals surface area contributed by atoms with Crippen molar-refractivity contribution in [3.8, 4) is 0 Å². The van der Waals surface area contributed by atoms with Crippen molar-refractivity contribution in [3.63, 3.8) is 0 Å². The van der Waals surface area contributed by atoms with E-state index in [0.29, 0.717) is 5.92 Å². The maximum Gasteiger partial charge on any atom is 0.209 e. The van der Waals surface area contributed by atoms with Crippen molar-refractivity contribution < 1.29 is 4.79 Å². The first-order chi connectivity index (χ1) is 6.79. The van der Waals surface area contributed by atoms with E-state index >= 15 is 0 Å². The van der Waals surface area contributed by atoms with Crippen LogP contribution in [0.4, 0.5) is 0 Å². The Kier molecular flexibility index (Phi) is 2.43. The molecule has 1 atom stereocenters. The number of carbonyl (C=O) groups is 1. The fourth-order valence-corrected chi connectivity index (χ4v) is 1.77. The van der Waals surface area contributed by atoms with Crippen LogP contribution in [0.25, 0.3) is 0 Å². The van der Waals surface area contributed by atoms with Crippen molar-refractivity contribution in [2.24, 2.45) is 0 Å². The molecule has 0 aromatic carbocycles. The Morgan fingerprint density at radius 2 is 2.21 bits per heavy atom. The fourth-order valence-electron chi connectivity index (χ4n) is 1.77. The van der Waals surface area contributed by atoms with Gasteiger partial charge in [-0.3, -0.25) is 4.79 Å². The second kappa shape index (κ2) is 3.74. The van der Waals surface area contributed by atoms with Crippen LogP contribution in [0.2, 0.25) is 0 Å². The van der Waals surface area contributed by atoms with Gasteiger partial charge in [0.2, 0.25) is 6.41 Å². The Morgan fingerprint density at radius 3 is 2.79 bits per heavy atom. The van der Waals surface area contributed by atoms with Crippen molar-refractivity contribution in [2.45, 2.75) is 19.3 Å². The van der Waals surface area contributed by atoms with Crippen LogP contribution >= 0.6 is 0 Å². The van der Waals surface area contributed by atoms with E-state index in [1.807, 2.05) is 19.3 Å². The minimum absolute atomic E-state index is 0.417. The summed E-state index contributed by atoms with van der Waals surface area (Å²) in [6.45, 7) is 3.52. The molecular weight excluding hydrogens is 178 g/mol. The second-order valence-electron chi connectivity index (χ2n) is 3.65. The Labute approximate surface area is 83.0 Å². The van der Waals surface area contributed by atoms with Gasteiger partial charge in [-0.2, -0.15) is 0 Å². The summed E-state index contributed by atoms with van der Waals surface area (Å²) in [5, 5.41) is 0. The van der Waals surface area contributed by atoms with Crippen LogP contribution in [0.15, 0.2) is 12.4 Å². The molecule has 1 unspecified atom stereocenters. The molecule has 1 aliphatic heterocycles. The number of likely N-dealkylation sites (tertiary alicyclic amines) is 1. The van der Waals surface area contributed by atoms with Gasteiger partial charge < -0.3 is 4.90 Å². The van der Waals surface area contributed by atoms with E-state index in [1.54, 1.807) is 4.90 Å². The van der Waals surface area contributed by atoms with Gasteiger partial charge in [-0.1, -0.05) is 0 Å². The molecule has 0 saturated carbocycles. The molecule has 2 heterocycles. The number of hydrogen-bond donors (Lipinski definition) is 0. The highest BCUT2D eigenvalue weighted by Gasteiger charge is 2.22. The Bertz CT molecular complexity index is 323. The van der Waals surface area contributed by atoms with Crippen molar-refractivity contribution in [1.29, 1.82) is 0 Å². The first-order valence-electron chi connectivity index (χ1n) is 4.77. The second-order valence-corrected chi connectivity index (χ2v) is 3.65. The van der Waals surface area contributed by atoms with E-state index < -0.39 is 0 Å². The molecule has 1 aliphatic rings. The number of aromatic nitrogens is 2. The van der Waals surface area contributed by atoms with Gasteiger partial charge in [-0.25, -0.2) is 9.97 Å². The van der Waals surface area contributed by atoms with Crippen LogP contribution in [-0.4, -0.2) is 34.4 Å². The van der Waals surface area contributed by atoms with Gasteiger partial charge in [0.1, 0.15) is 5.82 Å². The van der Waals surface area contributed by atoms with Gasteiger partial charge in [0, 0.05) is 31.4 Å². The highest BCUT2D eigenvalue weighted by Crippen LogP contribution is 2.24. The Balaban J connectivity index is 2.09. The SMILES string of the molecule is Cc1ncc(C2CCN(C=O)C2)cn1. The lowest BCUT2D eigenvalue weighted by Crippen LogP contribution is -2.17. The van der Waals surface area contributed by atoms with Crippen LogP contribution in [0.5, 0.6) is 0 Å². The van der Waals surface area contributed by atoms with Gasteiger partial charge in [-0.05, 0) is 18.9 Å². The summed E-state index contributed by atoms with van der Waals surface area (Å²) in [6.07, 6.45) is 5.66. The van der Waals surface area contributed by atoms with Crippen LogP contribution in [0.3, 0.4) is 0 Å². The molecule has 0 N–H and O–H groups in total. The number of amides is 1. The molecule has 1 aromatic heterocycles. The summed E-state index contributed by atoms with van der Waals surface area (Å²) >= 11 is 0. The zero-order chi connectivity index (χ0) is 9.97. The molecule has 0 spiro atoms. The topological polar surface area (TPSA) is 46.1 Å². The predicted octanol–water partition coefficient (Wildman–Crippen LogP) is 0.731. The predicted molar refractivity (Wildman–Crippen MR) is 51.8 cm³/mol. The van der Waals surface area contributed by atoms with E-state index in [4.69, 9.17) is 0 Å². The molecule has 1 fully saturated rings. The summed E-state index contributed by atoms with van der Waals surface area (Å²) in [7, 11) is 0. The molecular formula is C10H13N3O. The molecule has 2 rings (SSSR count). The van der Waals surface area contributed by atoms with Crippen molar-refractivity contribution in [3.05, 3.63) is 23.8 Å². The molecule has 1 saturated heterocycles. The Morgan fingerprint density at radius 1 is 1.50 bits per heavy atom. The van der Waals surface area contributed by atoms with E-state index in [9.17, 15) is 4.79 Å². The minimum Gasteiger partial charge on any atom is -0.345 e. The van der Waals surface area contributed by atoms with E-state index in [-0.39, 0.29) is 0 Å². The number of rotatable bonds is 2. The van der Waals surface area contributed by atoms with Gasteiger partial charge in [-0.15, -0.1) is 0 Å². The lowest BCUT2D eigenvalue weighted by molar-refractivity contribution is -0.117. The van der Waals surface area contributed by atoms with Crippen LogP contribution < -0.4 is 0 Å². The van der Waals surface area contributed by atoms with Crippen LogP contribution in [-0.2, 0) is 4.79 Å². The maximum atomic E-state index is 10.5. The maximum absolute atomic E-state index is 10.5. The third kappa shape index (κ3) is 1.73. The molecule has 4 heteroatoms. The van der Waals surface area contributed by atoms with Crippen molar-refractivity contribution >= 4 is 6.41 Å². The standard InChI is InChI=1S/C10H13N3O/c1-8-11-4-10(5-12-8)9-2-3-13(6-9)7-14/h4-5,7,9H,2-3,6H2,1H3. The largest absolute Gasteiger partial charge is 0.345 e. The molecule has 74 valence electrons. The average Bonchev–Trinajstić information content (AvgIpc) is 2.67. The summed E-state index contributed by atoms with van der Waals surface area (Å²) in [5.41, 5.74) is 1.14. The summed E-state index contributed by atoms with van der Waals surface area (Å²) in [6, 6.07) is 0. The average molecular weight is 191 g/mol. The zero-order valence-corrected chi connectivity index (χ0v) is 8.18. The number of nitrogens with zero attached hydrogens (tertiary/aromatic N) is 3. The van der Waals surface area contributed by atoms with Crippen LogP contribution in [0, 0.1) is 6.92 Å². The van der Waals surface area contributed by atoms with Crippen molar-refractivity contribution in [1.82, 2.24) is 14.9 Å². The van der Waals surface area contributed by atoms with Gasteiger partial charge >= 0.3 is 0 Å². The lowest BCUT2D eigenvalue weighted by Gasteiger charge is -2.09. The molecule has 0 radical (unpaired) electrons. The molecule has 1 amide bonds. The van der Waals surface area contributed by atoms with Crippen molar-refractivity contribution in [2.75, 3.05) is 13.1 Å². The van der Waals surface area contributed by atoms with Gasteiger partial charge in [0.15, 0.2) is 0 Å². The van der Waals surface area contributed by atoms with E-state index in [1.165, 1.54) is 0 Å². The normalized spacial score (nSPS) is 21.2. The fraction of sp³-hybridized carbons (Fsp3) is 0.500. The Hall–Kier alpha value is -1.45. The van der Waals surface area contributed by atoms with E-state index in [0.717, 1.165) is 37.3 Å². The quantitative estimate of drug-likeness (QED) is 0.647. The first-order valence-corrected chi connectivity index (χ1v) is 4.77.